The number of benzene rings is 2. The maximum Gasteiger partial charge on any atom is 0.419 e. The monoisotopic (exact) mass is 398 g/mol. The first-order chi connectivity index (χ1) is 9.81. The van der Waals surface area contributed by atoms with Gasteiger partial charge in [0.1, 0.15) is 11.5 Å². The third-order valence-corrected chi connectivity index (χ3v) is 3.81. The topological polar surface area (TPSA) is 9.23 Å². The minimum absolute atomic E-state index is 0.0706. The number of rotatable bonds is 3. The summed E-state index contributed by atoms with van der Waals surface area (Å²) in [7, 11) is 0. The third-order valence-electron chi connectivity index (χ3n) is 2.62. The van der Waals surface area contributed by atoms with E-state index >= 15 is 0 Å². The maximum atomic E-state index is 13.1. The molecule has 21 heavy (non-hydrogen) atoms. The molecule has 2 aromatic rings. The molecule has 1 nitrogen and oxygen atoms in total. The molecule has 0 aromatic heterocycles. The van der Waals surface area contributed by atoms with Crippen LogP contribution in [0.15, 0.2) is 36.4 Å². The van der Waals surface area contributed by atoms with Crippen LogP contribution in [0, 0.1) is 0 Å². The van der Waals surface area contributed by atoms with Gasteiger partial charge in [-0.3, -0.25) is 0 Å². The normalized spacial score (nSPS) is 11.5. The molecule has 2 rings (SSSR count). The summed E-state index contributed by atoms with van der Waals surface area (Å²) in [5, 5.41) is 0.811. The number of alkyl halides is 4. The van der Waals surface area contributed by atoms with Gasteiger partial charge >= 0.3 is 6.18 Å². The largest absolute Gasteiger partial charge is 0.455 e. The highest BCUT2D eigenvalue weighted by Gasteiger charge is 2.35. The zero-order chi connectivity index (χ0) is 15.6. The highest BCUT2D eigenvalue weighted by atomic mass is 79.9. The van der Waals surface area contributed by atoms with Gasteiger partial charge in [-0.2, -0.15) is 13.2 Å². The lowest BCUT2D eigenvalue weighted by atomic mass is 10.1. The Morgan fingerprint density at radius 1 is 1.00 bits per heavy atom. The van der Waals surface area contributed by atoms with Crippen molar-refractivity contribution in [1.29, 1.82) is 0 Å². The second-order valence-corrected chi connectivity index (χ2v) is 5.54. The Hall–Kier alpha value is -0.910. The van der Waals surface area contributed by atoms with Gasteiger partial charge < -0.3 is 4.74 Å². The van der Waals surface area contributed by atoms with Gasteiger partial charge in [-0.15, -0.1) is 0 Å². The average Bonchev–Trinajstić information content (AvgIpc) is 2.42. The zero-order valence-corrected chi connectivity index (χ0v) is 13.4. The fourth-order valence-corrected chi connectivity index (χ4v) is 2.31. The van der Waals surface area contributed by atoms with Gasteiger partial charge in [-0.25, -0.2) is 0 Å². The molecule has 0 radical (unpaired) electrons. The highest BCUT2D eigenvalue weighted by molar-refractivity contribution is 9.08. The molecule has 0 bridgehead atoms. The smallest absolute Gasteiger partial charge is 0.419 e. The Kier molecular flexibility index (Phi) is 5.07. The Bertz CT molecular complexity index is 659. The van der Waals surface area contributed by atoms with Crippen molar-refractivity contribution in [3.05, 3.63) is 57.6 Å². The second kappa shape index (κ2) is 6.46. The van der Waals surface area contributed by atoms with Crippen molar-refractivity contribution in [1.82, 2.24) is 0 Å². The van der Waals surface area contributed by atoms with E-state index < -0.39 is 11.7 Å². The van der Waals surface area contributed by atoms with E-state index in [1.54, 1.807) is 0 Å². The minimum atomic E-state index is -4.53. The van der Waals surface area contributed by atoms with Crippen LogP contribution in [0.25, 0.3) is 0 Å². The highest BCUT2D eigenvalue weighted by Crippen LogP contribution is 2.40. The van der Waals surface area contributed by atoms with Crippen LogP contribution in [0.1, 0.15) is 11.1 Å². The van der Waals surface area contributed by atoms with Crippen molar-refractivity contribution >= 4 is 39.1 Å². The van der Waals surface area contributed by atoms with E-state index in [9.17, 15) is 13.2 Å². The van der Waals surface area contributed by atoms with Gasteiger partial charge in [0.05, 0.1) is 10.6 Å². The van der Waals surface area contributed by atoms with Gasteiger partial charge in [0, 0.05) is 16.4 Å². The number of hydrogen-bond acceptors (Lipinski definition) is 1. The molecular weight excluding hydrogens is 392 g/mol. The van der Waals surface area contributed by atoms with Crippen LogP contribution in [0.5, 0.6) is 11.5 Å². The second-order valence-electron chi connectivity index (χ2n) is 4.14. The fourth-order valence-electron chi connectivity index (χ4n) is 1.64. The lowest BCUT2D eigenvalue weighted by Gasteiger charge is -2.15. The molecule has 0 spiro atoms. The number of hydrogen-bond donors (Lipinski definition) is 0. The molecule has 0 atom stereocenters. The quantitative estimate of drug-likeness (QED) is 0.521. The lowest BCUT2D eigenvalue weighted by Crippen LogP contribution is -2.08. The predicted octanol–water partition coefficient (Wildman–Crippen LogP) is 6.70. The summed E-state index contributed by atoms with van der Waals surface area (Å²) < 4.78 is 44.6. The molecular formula is C14H8BrCl2F3O. The summed E-state index contributed by atoms with van der Waals surface area (Å²) in [6.07, 6.45) is -4.53. The molecule has 0 N–H and O–H groups in total. The minimum Gasteiger partial charge on any atom is -0.455 e. The van der Waals surface area contributed by atoms with E-state index in [1.165, 1.54) is 30.3 Å². The van der Waals surface area contributed by atoms with Crippen LogP contribution < -0.4 is 4.74 Å². The van der Waals surface area contributed by atoms with Gasteiger partial charge in [-0.05, 0) is 29.8 Å². The van der Waals surface area contributed by atoms with E-state index in [0.717, 1.165) is 6.07 Å². The van der Waals surface area contributed by atoms with Gasteiger partial charge in [0.15, 0.2) is 0 Å². The molecule has 0 saturated heterocycles. The van der Waals surface area contributed by atoms with Crippen molar-refractivity contribution in [2.75, 3.05) is 0 Å². The Morgan fingerprint density at radius 3 is 2.33 bits per heavy atom. The predicted molar refractivity (Wildman–Crippen MR) is 80.6 cm³/mol. The first kappa shape index (κ1) is 16.5. The molecule has 0 fully saturated rings. The van der Waals surface area contributed by atoms with Crippen LogP contribution in [-0.4, -0.2) is 0 Å². The summed E-state index contributed by atoms with van der Waals surface area (Å²) in [4.78, 5) is 0. The van der Waals surface area contributed by atoms with Gasteiger partial charge in [-0.1, -0.05) is 45.2 Å². The van der Waals surface area contributed by atoms with Gasteiger partial charge in [0.25, 0.3) is 0 Å². The van der Waals surface area contributed by atoms with E-state index in [0.29, 0.717) is 15.9 Å². The Morgan fingerprint density at radius 2 is 1.71 bits per heavy atom. The van der Waals surface area contributed by atoms with E-state index in [4.69, 9.17) is 27.9 Å². The summed E-state index contributed by atoms with van der Waals surface area (Å²) in [5.41, 5.74) is -0.373. The van der Waals surface area contributed by atoms with Gasteiger partial charge in [0.2, 0.25) is 0 Å². The summed E-state index contributed by atoms with van der Waals surface area (Å²) in [6.45, 7) is 0. The molecule has 0 unspecified atom stereocenters. The van der Waals surface area contributed by atoms with Crippen molar-refractivity contribution in [2.45, 2.75) is 11.5 Å². The van der Waals surface area contributed by atoms with Crippen LogP contribution in [0.4, 0.5) is 13.2 Å². The Balaban J connectivity index is 2.46. The summed E-state index contributed by atoms with van der Waals surface area (Å²) in [6, 6.07) is 8.17. The molecule has 7 heteroatoms. The van der Waals surface area contributed by atoms with E-state index in [-0.39, 0.29) is 16.5 Å². The fraction of sp³-hybridized carbons (Fsp3) is 0.143. The van der Waals surface area contributed by atoms with Crippen molar-refractivity contribution in [3.63, 3.8) is 0 Å². The van der Waals surface area contributed by atoms with Crippen LogP contribution in [-0.2, 0) is 11.5 Å². The van der Waals surface area contributed by atoms with Crippen molar-refractivity contribution < 1.29 is 17.9 Å². The summed E-state index contributed by atoms with van der Waals surface area (Å²) in [5.74, 6) is -0.252. The van der Waals surface area contributed by atoms with Crippen LogP contribution >= 0.6 is 39.1 Å². The number of ether oxygens (including phenoxy) is 1. The maximum absolute atomic E-state index is 13.1. The molecule has 0 aliphatic rings. The standard InChI is InChI=1S/C14H8BrCl2F3O/c15-7-8-1-4-12(10(5-8)14(18,19)20)21-13-6-9(16)2-3-11(13)17/h1-6H,7H2. The molecule has 0 aliphatic carbocycles. The van der Waals surface area contributed by atoms with E-state index in [2.05, 4.69) is 15.9 Å². The molecule has 2 aromatic carbocycles. The average molecular weight is 400 g/mol. The Labute approximate surface area is 137 Å². The first-order valence-electron chi connectivity index (χ1n) is 5.70. The molecule has 0 aliphatic heterocycles. The molecule has 0 amide bonds. The summed E-state index contributed by atoms with van der Waals surface area (Å²) >= 11 is 14.8. The lowest BCUT2D eigenvalue weighted by molar-refractivity contribution is -0.138. The third kappa shape index (κ3) is 4.05. The van der Waals surface area contributed by atoms with E-state index in [1.807, 2.05) is 0 Å². The molecule has 0 saturated carbocycles. The zero-order valence-electron chi connectivity index (χ0n) is 10.3. The molecule has 0 heterocycles. The van der Waals surface area contributed by atoms with Crippen molar-refractivity contribution in [2.24, 2.45) is 0 Å². The molecule has 112 valence electrons. The van der Waals surface area contributed by atoms with Crippen molar-refractivity contribution in [3.8, 4) is 11.5 Å². The first-order valence-corrected chi connectivity index (χ1v) is 7.58. The van der Waals surface area contributed by atoms with Crippen LogP contribution in [0.2, 0.25) is 10.0 Å². The number of halogens is 6. The SMILES string of the molecule is FC(F)(F)c1cc(CBr)ccc1Oc1cc(Cl)ccc1Cl. The van der Waals surface area contributed by atoms with Crippen LogP contribution in [0.3, 0.4) is 0 Å².